The highest BCUT2D eigenvalue weighted by atomic mass is 16.5. The number of carbonyl (C=O) groups is 1. The lowest BCUT2D eigenvalue weighted by Crippen LogP contribution is -2.42. The fraction of sp³-hybridized carbons (Fsp3) is 0.923. The van der Waals surface area contributed by atoms with Crippen molar-refractivity contribution in [2.24, 2.45) is 0 Å². The molecule has 0 spiro atoms. The summed E-state index contributed by atoms with van der Waals surface area (Å²) in [6.45, 7) is 2.17. The number of likely N-dealkylation sites (tertiary alicyclic amines) is 1. The predicted molar refractivity (Wildman–Crippen MR) is 64.6 cm³/mol. The number of hydrogen-bond donors (Lipinski definition) is 1. The maximum absolute atomic E-state index is 11.9. The van der Waals surface area contributed by atoms with E-state index in [1.807, 2.05) is 0 Å². The number of rotatable bonds is 3. The van der Waals surface area contributed by atoms with Crippen LogP contribution in [0.25, 0.3) is 0 Å². The van der Waals surface area contributed by atoms with Crippen molar-refractivity contribution in [3.63, 3.8) is 0 Å². The monoisotopic (exact) mass is 241 g/mol. The van der Waals surface area contributed by atoms with Crippen molar-refractivity contribution >= 4 is 5.91 Å². The van der Waals surface area contributed by atoms with Gasteiger partial charge in [-0.15, -0.1) is 0 Å². The summed E-state index contributed by atoms with van der Waals surface area (Å²) >= 11 is 0. The van der Waals surface area contributed by atoms with Gasteiger partial charge in [0.1, 0.15) is 0 Å². The van der Waals surface area contributed by atoms with E-state index in [1.54, 1.807) is 4.90 Å². The molecule has 1 N–H and O–H groups in total. The molecule has 0 bridgehead atoms. The molecule has 2 heterocycles. The van der Waals surface area contributed by atoms with E-state index in [-0.39, 0.29) is 18.1 Å². The number of carbonyl (C=O) groups excluding carboxylic acids is 1. The van der Waals surface area contributed by atoms with Crippen LogP contribution in [0, 0.1) is 0 Å². The number of nitrogens with zero attached hydrogens (tertiary/aromatic N) is 1. The highest BCUT2D eigenvalue weighted by Gasteiger charge is 2.23. The van der Waals surface area contributed by atoms with E-state index < -0.39 is 0 Å². The van der Waals surface area contributed by atoms with Gasteiger partial charge in [0.2, 0.25) is 5.91 Å². The average Bonchev–Trinajstić information content (AvgIpc) is 2.37. The summed E-state index contributed by atoms with van der Waals surface area (Å²) in [4.78, 5) is 13.7. The number of amides is 1. The first-order valence-corrected chi connectivity index (χ1v) is 6.83. The van der Waals surface area contributed by atoms with Crippen molar-refractivity contribution in [1.29, 1.82) is 0 Å². The maximum atomic E-state index is 11.9. The van der Waals surface area contributed by atoms with E-state index in [0.29, 0.717) is 13.0 Å². The molecule has 2 aliphatic heterocycles. The highest BCUT2D eigenvalue weighted by Crippen LogP contribution is 2.18. The Morgan fingerprint density at radius 2 is 2.18 bits per heavy atom. The SMILES string of the molecule is O=C(CCC1CCCCO1)N1CCC[C@H](O)C1. The highest BCUT2D eigenvalue weighted by molar-refractivity contribution is 5.76. The van der Waals surface area contributed by atoms with E-state index >= 15 is 0 Å². The fourth-order valence-corrected chi connectivity index (χ4v) is 2.66. The van der Waals surface area contributed by atoms with Gasteiger partial charge in [-0.1, -0.05) is 0 Å². The minimum atomic E-state index is -0.321. The minimum absolute atomic E-state index is 0.179. The first kappa shape index (κ1) is 12.8. The Kier molecular flexibility index (Phi) is 4.80. The zero-order valence-corrected chi connectivity index (χ0v) is 10.4. The maximum Gasteiger partial charge on any atom is 0.222 e. The van der Waals surface area contributed by atoms with Gasteiger partial charge in [-0.05, 0) is 38.5 Å². The molecule has 2 rings (SSSR count). The van der Waals surface area contributed by atoms with Gasteiger partial charge in [0.05, 0.1) is 12.2 Å². The Labute approximate surface area is 103 Å². The Morgan fingerprint density at radius 3 is 2.88 bits per heavy atom. The second-order valence-electron chi connectivity index (χ2n) is 5.16. The molecule has 0 aromatic rings. The molecule has 98 valence electrons. The molecule has 0 aromatic carbocycles. The van der Waals surface area contributed by atoms with Gasteiger partial charge in [0, 0.05) is 26.1 Å². The van der Waals surface area contributed by atoms with Crippen molar-refractivity contribution < 1.29 is 14.6 Å². The molecule has 0 radical (unpaired) electrons. The Bertz CT molecular complexity index is 251. The molecule has 4 nitrogen and oxygen atoms in total. The number of β-amino-alcohol motifs (C(OH)–C–C–N with tert-alkyl or cyclic N) is 1. The summed E-state index contributed by atoms with van der Waals surface area (Å²) in [5.74, 6) is 0.179. The van der Waals surface area contributed by atoms with Crippen LogP contribution in [-0.2, 0) is 9.53 Å². The molecule has 1 unspecified atom stereocenters. The second kappa shape index (κ2) is 6.36. The molecule has 17 heavy (non-hydrogen) atoms. The Morgan fingerprint density at radius 1 is 1.29 bits per heavy atom. The quantitative estimate of drug-likeness (QED) is 0.810. The molecule has 2 saturated heterocycles. The number of aliphatic hydroxyl groups is 1. The van der Waals surface area contributed by atoms with Crippen LogP contribution in [0.5, 0.6) is 0 Å². The van der Waals surface area contributed by atoms with Crippen molar-refractivity contribution in [2.45, 2.75) is 57.2 Å². The van der Waals surface area contributed by atoms with Crippen LogP contribution in [0.4, 0.5) is 0 Å². The zero-order valence-electron chi connectivity index (χ0n) is 10.4. The smallest absolute Gasteiger partial charge is 0.222 e. The lowest BCUT2D eigenvalue weighted by molar-refractivity contribution is -0.135. The average molecular weight is 241 g/mol. The summed E-state index contributed by atoms with van der Waals surface area (Å²) in [6.07, 6.45) is 6.59. The van der Waals surface area contributed by atoms with Crippen LogP contribution in [0.15, 0.2) is 0 Å². The Balaban J connectivity index is 1.69. The van der Waals surface area contributed by atoms with Gasteiger partial charge in [-0.3, -0.25) is 4.79 Å². The lowest BCUT2D eigenvalue weighted by Gasteiger charge is -2.31. The molecule has 4 heteroatoms. The number of aliphatic hydroxyl groups excluding tert-OH is 1. The molecule has 2 fully saturated rings. The normalized spacial score (nSPS) is 30.3. The van der Waals surface area contributed by atoms with Crippen LogP contribution < -0.4 is 0 Å². The molecular weight excluding hydrogens is 218 g/mol. The van der Waals surface area contributed by atoms with E-state index in [1.165, 1.54) is 6.42 Å². The van der Waals surface area contributed by atoms with Crippen molar-refractivity contribution in [1.82, 2.24) is 4.90 Å². The number of piperidine rings is 1. The second-order valence-corrected chi connectivity index (χ2v) is 5.16. The molecular formula is C13H23NO3. The van der Waals surface area contributed by atoms with E-state index in [9.17, 15) is 9.90 Å². The first-order valence-electron chi connectivity index (χ1n) is 6.83. The van der Waals surface area contributed by atoms with Gasteiger partial charge >= 0.3 is 0 Å². The zero-order chi connectivity index (χ0) is 12.1. The first-order chi connectivity index (χ1) is 8.25. The molecule has 0 aliphatic carbocycles. The van der Waals surface area contributed by atoms with Crippen LogP contribution in [0.1, 0.15) is 44.9 Å². The van der Waals surface area contributed by atoms with Crippen LogP contribution >= 0.6 is 0 Å². The number of hydrogen-bond acceptors (Lipinski definition) is 3. The fourth-order valence-electron chi connectivity index (χ4n) is 2.66. The summed E-state index contributed by atoms with van der Waals surface area (Å²) in [7, 11) is 0. The van der Waals surface area contributed by atoms with Crippen LogP contribution in [-0.4, -0.2) is 47.8 Å². The summed E-state index contributed by atoms with van der Waals surface area (Å²) in [6, 6.07) is 0. The molecule has 2 aliphatic rings. The van der Waals surface area contributed by atoms with Crippen molar-refractivity contribution in [3.8, 4) is 0 Å². The van der Waals surface area contributed by atoms with Crippen molar-refractivity contribution in [2.75, 3.05) is 19.7 Å². The standard InChI is InChI=1S/C13H23NO3/c15-11-4-3-8-14(10-11)13(16)7-6-12-5-1-2-9-17-12/h11-12,15H,1-10H2/t11-,12?/m0/s1. The van der Waals surface area contributed by atoms with Gasteiger partial charge in [0.25, 0.3) is 0 Å². The summed E-state index contributed by atoms with van der Waals surface area (Å²) < 4.78 is 5.62. The van der Waals surface area contributed by atoms with Crippen molar-refractivity contribution in [3.05, 3.63) is 0 Å². The van der Waals surface area contributed by atoms with Gasteiger partial charge in [-0.25, -0.2) is 0 Å². The summed E-state index contributed by atoms with van der Waals surface area (Å²) in [5.41, 5.74) is 0. The van der Waals surface area contributed by atoms with E-state index in [4.69, 9.17) is 4.74 Å². The minimum Gasteiger partial charge on any atom is -0.391 e. The van der Waals surface area contributed by atoms with Gasteiger partial charge in [0.15, 0.2) is 0 Å². The third-order valence-electron chi connectivity index (χ3n) is 3.70. The largest absolute Gasteiger partial charge is 0.391 e. The molecule has 2 atom stereocenters. The van der Waals surface area contributed by atoms with Gasteiger partial charge < -0.3 is 14.7 Å². The molecule has 1 amide bonds. The molecule has 0 aromatic heterocycles. The van der Waals surface area contributed by atoms with Crippen LogP contribution in [0.3, 0.4) is 0 Å². The molecule has 0 saturated carbocycles. The Hall–Kier alpha value is -0.610. The third-order valence-corrected chi connectivity index (χ3v) is 3.70. The predicted octanol–water partition coefficient (Wildman–Crippen LogP) is 1.32. The third kappa shape index (κ3) is 3.96. The van der Waals surface area contributed by atoms with E-state index in [2.05, 4.69) is 0 Å². The van der Waals surface area contributed by atoms with Gasteiger partial charge in [-0.2, -0.15) is 0 Å². The van der Waals surface area contributed by atoms with Crippen LogP contribution in [0.2, 0.25) is 0 Å². The topological polar surface area (TPSA) is 49.8 Å². The summed E-state index contributed by atoms with van der Waals surface area (Å²) in [5, 5.41) is 9.53. The number of ether oxygens (including phenoxy) is 1. The lowest BCUT2D eigenvalue weighted by atomic mass is 10.0. The van der Waals surface area contributed by atoms with E-state index in [0.717, 1.165) is 45.3 Å².